The topological polar surface area (TPSA) is 108 Å². The maximum atomic E-state index is 12.7. The third-order valence-corrected chi connectivity index (χ3v) is 3.98. The summed E-state index contributed by atoms with van der Waals surface area (Å²) in [6, 6.07) is 4.76. The Kier molecular flexibility index (Phi) is 6.81. The average molecular weight is 374 g/mol. The van der Waals surface area contributed by atoms with Crippen LogP contribution < -0.4 is 5.32 Å². The first-order chi connectivity index (χ1) is 12.7. The van der Waals surface area contributed by atoms with Gasteiger partial charge in [-0.3, -0.25) is 4.68 Å². The zero-order valence-electron chi connectivity index (χ0n) is 15.8. The molecule has 27 heavy (non-hydrogen) atoms. The largest absolute Gasteiger partial charge is 0.508 e. The number of phenols is 1. The average Bonchev–Trinajstić information content (AvgIpc) is 3.00. The standard InChI is InChI=1S/C19H26N4O4/c1-13(2)10-23(12-15-9-20-22(3)11-15)19(27)21-17(18(25)26)8-14-4-6-16(24)7-5-14/h4-7,9,11,13,17,24H,8,10,12H2,1-3H3,(H,21,27)(H,25,26). The minimum atomic E-state index is -1.11. The normalized spacial score (nSPS) is 12.0. The molecule has 0 saturated heterocycles. The first kappa shape index (κ1) is 20.3. The van der Waals surface area contributed by atoms with Gasteiger partial charge in [-0.1, -0.05) is 26.0 Å². The number of nitrogens with one attached hydrogen (secondary N) is 1. The van der Waals surface area contributed by atoms with Crippen LogP contribution in [0.1, 0.15) is 25.0 Å². The third kappa shape index (κ3) is 6.32. The molecule has 0 aliphatic carbocycles. The van der Waals surface area contributed by atoms with E-state index in [0.717, 1.165) is 5.56 Å². The van der Waals surface area contributed by atoms with Gasteiger partial charge in [-0.15, -0.1) is 0 Å². The molecule has 2 amide bonds. The molecule has 3 N–H and O–H groups in total. The molecule has 0 radical (unpaired) electrons. The number of aromatic hydroxyl groups is 1. The van der Waals surface area contributed by atoms with E-state index in [0.29, 0.717) is 18.7 Å². The molecular formula is C19H26N4O4. The summed E-state index contributed by atoms with van der Waals surface area (Å²) < 4.78 is 1.66. The fourth-order valence-electron chi connectivity index (χ4n) is 2.74. The molecule has 2 rings (SSSR count). The van der Waals surface area contributed by atoms with E-state index >= 15 is 0 Å². The lowest BCUT2D eigenvalue weighted by Gasteiger charge is -2.26. The van der Waals surface area contributed by atoms with E-state index in [9.17, 15) is 19.8 Å². The van der Waals surface area contributed by atoms with E-state index in [4.69, 9.17) is 0 Å². The second-order valence-corrected chi connectivity index (χ2v) is 7.01. The lowest BCUT2D eigenvalue weighted by Crippen LogP contribution is -2.49. The van der Waals surface area contributed by atoms with Crippen LogP contribution in [0.2, 0.25) is 0 Å². The van der Waals surface area contributed by atoms with Crippen LogP contribution in [0, 0.1) is 5.92 Å². The fraction of sp³-hybridized carbons (Fsp3) is 0.421. The van der Waals surface area contributed by atoms with Gasteiger partial charge in [-0.25, -0.2) is 9.59 Å². The van der Waals surface area contributed by atoms with Gasteiger partial charge in [0, 0.05) is 31.8 Å². The number of carboxylic acids is 1. The maximum Gasteiger partial charge on any atom is 0.326 e. The number of phenolic OH excluding ortho intramolecular Hbond substituents is 1. The van der Waals surface area contributed by atoms with Crippen molar-refractivity contribution in [3.05, 3.63) is 47.8 Å². The van der Waals surface area contributed by atoms with Crippen LogP contribution in [-0.4, -0.2) is 49.5 Å². The number of urea groups is 1. The van der Waals surface area contributed by atoms with E-state index in [1.54, 1.807) is 35.0 Å². The van der Waals surface area contributed by atoms with Crippen LogP contribution in [0.25, 0.3) is 0 Å². The number of amides is 2. The van der Waals surface area contributed by atoms with Crippen LogP contribution in [0.4, 0.5) is 4.79 Å². The Bertz CT molecular complexity index is 770. The van der Waals surface area contributed by atoms with Gasteiger partial charge in [0.1, 0.15) is 11.8 Å². The van der Waals surface area contributed by atoms with Gasteiger partial charge >= 0.3 is 12.0 Å². The lowest BCUT2D eigenvalue weighted by molar-refractivity contribution is -0.139. The van der Waals surface area contributed by atoms with Gasteiger partial charge in [0.2, 0.25) is 0 Å². The van der Waals surface area contributed by atoms with Gasteiger partial charge in [0.05, 0.1) is 12.7 Å². The summed E-state index contributed by atoms with van der Waals surface area (Å²) in [5, 5.41) is 25.6. The number of aromatic nitrogens is 2. The Morgan fingerprint density at radius 2 is 1.89 bits per heavy atom. The number of carbonyl (C=O) groups excluding carboxylic acids is 1. The SMILES string of the molecule is CC(C)CN(Cc1cnn(C)c1)C(=O)NC(Cc1ccc(O)cc1)C(=O)O. The Hall–Kier alpha value is -3.03. The molecule has 0 aliphatic heterocycles. The van der Waals surface area contributed by atoms with E-state index in [2.05, 4.69) is 10.4 Å². The summed E-state index contributed by atoms with van der Waals surface area (Å²) in [7, 11) is 1.80. The molecule has 0 fully saturated rings. The minimum absolute atomic E-state index is 0.106. The molecule has 0 bridgehead atoms. The summed E-state index contributed by atoms with van der Waals surface area (Å²) in [4.78, 5) is 25.9. The summed E-state index contributed by atoms with van der Waals surface area (Å²) >= 11 is 0. The molecule has 1 aromatic carbocycles. The Morgan fingerprint density at radius 1 is 1.22 bits per heavy atom. The number of aryl methyl sites for hydroxylation is 1. The highest BCUT2D eigenvalue weighted by atomic mass is 16.4. The quantitative estimate of drug-likeness (QED) is 0.655. The van der Waals surface area contributed by atoms with Gasteiger partial charge in [-0.2, -0.15) is 5.10 Å². The van der Waals surface area contributed by atoms with Crippen molar-refractivity contribution in [3.8, 4) is 5.75 Å². The number of hydrogen-bond acceptors (Lipinski definition) is 4. The smallest absolute Gasteiger partial charge is 0.326 e. The Labute approximate surface area is 158 Å². The number of carboxylic acid groups (broad SMARTS) is 1. The van der Waals surface area contributed by atoms with Crippen molar-refractivity contribution in [1.29, 1.82) is 0 Å². The highest BCUT2D eigenvalue weighted by Crippen LogP contribution is 2.12. The van der Waals surface area contributed by atoms with Crippen LogP contribution in [-0.2, 0) is 24.8 Å². The number of nitrogens with zero attached hydrogens (tertiary/aromatic N) is 3. The van der Waals surface area contributed by atoms with Crippen molar-refractivity contribution in [2.75, 3.05) is 6.54 Å². The second-order valence-electron chi connectivity index (χ2n) is 7.01. The van der Waals surface area contributed by atoms with Crippen molar-refractivity contribution in [1.82, 2.24) is 20.0 Å². The van der Waals surface area contributed by atoms with Gasteiger partial charge in [0.25, 0.3) is 0 Å². The van der Waals surface area contributed by atoms with Crippen LogP contribution in [0.3, 0.4) is 0 Å². The van der Waals surface area contributed by atoms with Crippen molar-refractivity contribution in [3.63, 3.8) is 0 Å². The molecule has 8 heteroatoms. The lowest BCUT2D eigenvalue weighted by atomic mass is 10.1. The zero-order chi connectivity index (χ0) is 20.0. The van der Waals surface area contributed by atoms with E-state index in [1.165, 1.54) is 12.1 Å². The molecule has 1 heterocycles. The Morgan fingerprint density at radius 3 is 2.41 bits per heavy atom. The molecule has 0 aliphatic rings. The van der Waals surface area contributed by atoms with Crippen LogP contribution in [0.15, 0.2) is 36.7 Å². The molecule has 1 atom stereocenters. The van der Waals surface area contributed by atoms with Crippen molar-refractivity contribution in [2.24, 2.45) is 13.0 Å². The number of benzene rings is 1. The van der Waals surface area contributed by atoms with Crippen molar-refractivity contribution in [2.45, 2.75) is 32.9 Å². The predicted octanol–water partition coefficient (Wildman–Crippen LogP) is 1.99. The first-order valence-corrected chi connectivity index (χ1v) is 8.78. The van der Waals surface area contributed by atoms with Gasteiger partial charge in [0.15, 0.2) is 0 Å². The molecule has 1 unspecified atom stereocenters. The van der Waals surface area contributed by atoms with E-state index in [-0.39, 0.29) is 18.1 Å². The maximum absolute atomic E-state index is 12.7. The van der Waals surface area contributed by atoms with Crippen LogP contribution >= 0.6 is 0 Å². The van der Waals surface area contributed by atoms with E-state index in [1.807, 2.05) is 20.0 Å². The van der Waals surface area contributed by atoms with Gasteiger partial charge < -0.3 is 20.4 Å². The van der Waals surface area contributed by atoms with Crippen molar-refractivity contribution >= 4 is 12.0 Å². The summed E-state index contributed by atoms with van der Waals surface area (Å²) in [5.74, 6) is -0.774. The molecule has 146 valence electrons. The zero-order valence-corrected chi connectivity index (χ0v) is 15.8. The number of hydrogen-bond donors (Lipinski definition) is 3. The second kappa shape index (κ2) is 9.07. The summed E-state index contributed by atoms with van der Waals surface area (Å²) in [6.45, 7) is 4.83. The number of carbonyl (C=O) groups is 2. The Balaban J connectivity index is 2.08. The predicted molar refractivity (Wildman–Crippen MR) is 100 cm³/mol. The third-order valence-electron chi connectivity index (χ3n) is 3.98. The monoisotopic (exact) mass is 374 g/mol. The van der Waals surface area contributed by atoms with E-state index < -0.39 is 18.0 Å². The molecule has 1 aromatic heterocycles. The fourth-order valence-corrected chi connectivity index (χ4v) is 2.74. The molecule has 8 nitrogen and oxygen atoms in total. The number of rotatable bonds is 8. The molecule has 2 aromatic rings. The summed E-state index contributed by atoms with van der Waals surface area (Å²) in [5.41, 5.74) is 1.59. The highest BCUT2D eigenvalue weighted by molar-refractivity contribution is 5.82. The van der Waals surface area contributed by atoms with Crippen molar-refractivity contribution < 1.29 is 19.8 Å². The van der Waals surface area contributed by atoms with Crippen LogP contribution in [0.5, 0.6) is 5.75 Å². The summed E-state index contributed by atoms with van der Waals surface area (Å²) in [6.07, 6.45) is 3.64. The molecule has 0 spiro atoms. The highest BCUT2D eigenvalue weighted by Gasteiger charge is 2.24. The molecular weight excluding hydrogens is 348 g/mol. The first-order valence-electron chi connectivity index (χ1n) is 8.78. The number of aliphatic carboxylic acids is 1. The minimum Gasteiger partial charge on any atom is -0.508 e. The molecule has 0 saturated carbocycles. The van der Waals surface area contributed by atoms with Gasteiger partial charge in [-0.05, 0) is 23.6 Å².